The van der Waals surface area contributed by atoms with Gasteiger partial charge in [-0.1, -0.05) is 234 Å². The summed E-state index contributed by atoms with van der Waals surface area (Å²) in [5, 5.41) is 10.2. The van der Waals surface area contributed by atoms with Crippen molar-refractivity contribution in [2.45, 2.75) is 299 Å². The van der Waals surface area contributed by atoms with E-state index in [1.54, 1.807) is 22.7 Å². The highest BCUT2D eigenvalue weighted by atomic mass is 32.1. The third-order valence-corrected chi connectivity index (χ3v) is 23.4. The van der Waals surface area contributed by atoms with E-state index >= 15 is 9.59 Å². The molecule has 0 bridgehead atoms. The Kier molecular flexibility index (Phi) is 27.5. The Morgan fingerprint density at radius 2 is 0.734 bits per heavy atom. The molecule has 2 atom stereocenters. The van der Waals surface area contributed by atoms with Crippen molar-refractivity contribution in [2.75, 3.05) is 13.1 Å². The number of aryl methyl sites for hydroxylation is 4. The van der Waals surface area contributed by atoms with E-state index < -0.39 is 0 Å². The number of fused-ring (bicyclic) bond motifs is 10. The molecule has 8 heteroatoms. The highest BCUT2D eigenvalue weighted by molar-refractivity contribution is 7.16. The van der Waals surface area contributed by atoms with Crippen molar-refractivity contribution in [1.29, 1.82) is 0 Å². The number of nitrogens with zero attached hydrogens (tertiary/aromatic N) is 2. The molecule has 0 radical (unpaired) electrons. The van der Waals surface area contributed by atoms with Gasteiger partial charge in [0, 0.05) is 28.7 Å². The minimum atomic E-state index is 0.0215. The Hall–Kier alpha value is -5.44. The Balaban J connectivity index is 1.05. The SMILES string of the molecule is CCCCCCCCCCC(CCCCCCCC)CN1C(=O)C2=C(c3ccc(-c4cc5c(ccc6c7cc(CCCC)c8c9cc(C)oc9ccc8c7cc(CCCC)c56)o4)s3)N(CC(CCCCCCCC)CCCCCCCCCC)C(=O)C2=C1c1ccc(C)s1. The Bertz CT molecular complexity index is 3800. The first kappa shape index (κ1) is 71.3. The summed E-state index contributed by atoms with van der Waals surface area (Å²) in [5.74, 6) is 2.54. The highest BCUT2D eigenvalue weighted by Gasteiger charge is 2.50. The molecule has 10 rings (SSSR count). The number of hydrogen-bond acceptors (Lipinski definition) is 6. The second-order valence-electron chi connectivity index (χ2n) is 28.9. The molecule has 8 aromatic rings. The van der Waals surface area contributed by atoms with Crippen LogP contribution in [0.15, 0.2) is 92.8 Å². The van der Waals surface area contributed by atoms with Crippen LogP contribution >= 0.6 is 22.7 Å². The summed E-state index contributed by atoms with van der Waals surface area (Å²) in [7, 11) is 0. The molecule has 94 heavy (non-hydrogen) atoms. The maximum atomic E-state index is 16.2. The summed E-state index contributed by atoms with van der Waals surface area (Å²) < 4.78 is 13.3. The zero-order valence-electron chi connectivity index (χ0n) is 59.7. The van der Waals surface area contributed by atoms with Crippen LogP contribution in [0, 0.1) is 25.7 Å². The lowest BCUT2D eigenvalue weighted by atomic mass is 9.87. The zero-order valence-corrected chi connectivity index (χ0v) is 61.3. The number of carbonyl (C=O) groups is 2. The molecule has 4 aromatic heterocycles. The number of thiophene rings is 2. The van der Waals surface area contributed by atoms with Gasteiger partial charge < -0.3 is 18.6 Å². The molecule has 4 aromatic carbocycles. The van der Waals surface area contributed by atoms with Crippen LogP contribution in [0.3, 0.4) is 0 Å². The van der Waals surface area contributed by atoms with E-state index in [1.165, 1.54) is 233 Å². The smallest absolute Gasteiger partial charge is 0.261 e. The first-order valence-corrected chi connectivity index (χ1v) is 40.3. The number of benzene rings is 4. The molecule has 0 spiro atoms. The average molecular weight is 1310 g/mol. The second kappa shape index (κ2) is 36.2. The number of carbonyl (C=O) groups excluding carboxylic acids is 2. The van der Waals surface area contributed by atoms with Gasteiger partial charge in [0.15, 0.2) is 0 Å². The van der Waals surface area contributed by atoms with Crippen LogP contribution in [-0.4, -0.2) is 34.7 Å². The third kappa shape index (κ3) is 17.4. The molecule has 6 heterocycles. The fraction of sp³-hybridized carbons (Fsp3) is 0.581. The fourth-order valence-corrected chi connectivity index (χ4v) is 17.9. The largest absolute Gasteiger partial charge is 0.461 e. The number of unbranched alkanes of at least 4 members (excludes halogenated alkanes) is 26. The van der Waals surface area contributed by atoms with Gasteiger partial charge in [0.1, 0.15) is 22.7 Å². The normalized spacial score (nSPS) is 14.4. The quantitative estimate of drug-likeness (QED) is 0.0282. The summed E-state index contributed by atoms with van der Waals surface area (Å²) >= 11 is 3.44. The van der Waals surface area contributed by atoms with Gasteiger partial charge in [0.25, 0.3) is 11.8 Å². The summed E-state index contributed by atoms with van der Waals surface area (Å²) in [6, 6.07) is 27.4. The topological polar surface area (TPSA) is 66.9 Å². The predicted octanol–water partition coefficient (Wildman–Crippen LogP) is 27.3. The second-order valence-corrected chi connectivity index (χ2v) is 31.2. The van der Waals surface area contributed by atoms with E-state index in [9.17, 15) is 0 Å². The molecule has 6 nitrogen and oxygen atoms in total. The maximum Gasteiger partial charge on any atom is 0.261 e. The van der Waals surface area contributed by atoms with E-state index in [0.717, 1.165) is 118 Å². The molecular weight excluding hydrogens is 1190 g/mol. The highest BCUT2D eigenvalue weighted by Crippen LogP contribution is 2.51. The van der Waals surface area contributed by atoms with Crippen molar-refractivity contribution >= 4 is 100 Å². The van der Waals surface area contributed by atoms with Gasteiger partial charge in [-0.25, -0.2) is 0 Å². The van der Waals surface area contributed by atoms with E-state index in [2.05, 4.69) is 138 Å². The van der Waals surface area contributed by atoms with Gasteiger partial charge in [0.05, 0.1) is 37.2 Å². The van der Waals surface area contributed by atoms with Gasteiger partial charge in [-0.2, -0.15) is 0 Å². The third-order valence-electron chi connectivity index (χ3n) is 21.3. The Labute approximate surface area is 575 Å². The molecule has 2 amide bonds. The van der Waals surface area contributed by atoms with Crippen LogP contribution in [0.1, 0.15) is 304 Å². The van der Waals surface area contributed by atoms with Gasteiger partial charge in [-0.05, 0) is 193 Å². The van der Waals surface area contributed by atoms with Gasteiger partial charge in [-0.15, -0.1) is 22.7 Å². The lowest BCUT2D eigenvalue weighted by Gasteiger charge is -2.29. The van der Waals surface area contributed by atoms with E-state index in [0.29, 0.717) is 36.1 Å². The molecule has 0 aliphatic carbocycles. The van der Waals surface area contributed by atoms with Crippen molar-refractivity contribution in [1.82, 2.24) is 9.80 Å². The van der Waals surface area contributed by atoms with Crippen LogP contribution < -0.4 is 0 Å². The first-order valence-electron chi connectivity index (χ1n) is 38.7. The summed E-state index contributed by atoms with van der Waals surface area (Å²) in [6.07, 6.45) is 46.6. The molecule has 2 aliphatic heterocycles. The van der Waals surface area contributed by atoms with Crippen molar-refractivity contribution in [3.63, 3.8) is 0 Å². The van der Waals surface area contributed by atoms with Crippen molar-refractivity contribution in [2.24, 2.45) is 11.8 Å². The van der Waals surface area contributed by atoms with E-state index in [-0.39, 0.29) is 11.8 Å². The zero-order chi connectivity index (χ0) is 65.8. The number of amides is 2. The van der Waals surface area contributed by atoms with Crippen molar-refractivity contribution in [3.8, 4) is 10.6 Å². The summed E-state index contributed by atoms with van der Waals surface area (Å²) in [4.78, 5) is 40.9. The molecule has 0 saturated heterocycles. The summed E-state index contributed by atoms with van der Waals surface area (Å²) in [5.41, 5.74) is 7.58. The van der Waals surface area contributed by atoms with Crippen LogP contribution in [0.2, 0.25) is 0 Å². The number of hydrogen-bond donors (Lipinski definition) is 0. The minimum absolute atomic E-state index is 0.0215. The monoisotopic (exact) mass is 1310 g/mol. The molecule has 2 unspecified atom stereocenters. The first-order chi connectivity index (χ1) is 46.1. The lowest BCUT2D eigenvalue weighted by Crippen LogP contribution is -2.34. The van der Waals surface area contributed by atoms with Gasteiger partial charge >= 0.3 is 0 Å². The van der Waals surface area contributed by atoms with Gasteiger partial charge in [-0.3, -0.25) is 9.59 Å². The standard InChI is InChI=1S/C86H118N2O4S2/c1-9-15-21-25-29-31-35-39-43-63(41-37-33-27-23-17-11-3)59-87-83(77-52-47-62(8)93-77)81-82(86(87)90)84(88(85(81)89)60-64(42-38-34-28-24-18-12-4)44-40-36-32-30-26-22-16-10-2)78-54-53-76(94-78)75-58-72-74(92-75)51-49-68-70-56-65(45-19-13-5)79-67(48-50-73-71(79)55-61(7)91-73)69(70)57-66(80(68)72)46-20-14-6/h47-58,63-64H,9-46,59-60H2,1-8H3. The number of rotatable bonds is 45. The van der Waals surface area contributed by atoms with E-state index in [4.69, 9.17) is 8.83 Å². The average Bonchev–Trinajstić information content (AvgIpc) is 1.41. The van der Waals surface area contributed by atoms with Crippen LogP contribution in [0.4, 0.5) is 0 Å². The van der Waals surface area contributed by atoms with Crippen LogP contribution in [0.5, 0.6) is 0 Å². The van der Waals surface area contributed by atoms with Gasteiger partial charge in [0.2, 0.25) is 0 Å². The van der Waals surface area contributed by atoms with Crippen LogP contribution in [-0.2, 0) is 22.4 Å². The predicted molar refractivity (Wildman–Crippen MR) is 408 cm³/mol. The molecule has 0 saturated carbocycles. The molecule has 0 fully saturated rings. The number of furan rings is 2. The molecular formula is C86H118N2O4S2. The molecule has 508 valence electrons. The van der Waals surface area contributed by atoms with Crippen molar-refractivity contribution in [3.05, 3.63) is 115 Å². The minimum Gasteiger partial charge on any atom is -0.461 e. The maximum absolute atomic E-state index is 16.2. The Morgan fingerprint density at radius 1 is 0.362 bits per heavy atom. The molecule has 0 N–H and O–H groups in total. The van der Waals surface area contributed by atoms with E-state index in [1.807, 2.05) is 0 Å². The van der Waals surface area contributed by atoms with Crippen LogP contribution in [0.25, 0.3) is 76.3 Å². The lowest BCUT2D eigenvalue weighted by molar-refractivity contribution is -0.124. The Morgan fingerprint density at radius 3 is 1.15 bits per heavy atom. The summed E-state index contributed by atoms with van der Waals surface area (Å²) in [6.45, 7) is 19.3. The fourth-order valence-electron chi connectivity index (χ4n) is 16.0. The van der Waals surface area contributed by atoms with Crippen molar-refractivity contribution < 1.29 is 18.4 Å². The molecule has 2 aliphatic rings.